The van der Waals surface area contributed by atoms with Crippen molar-refractivity contribution >= 4 is 67.3 Å². The average molecular weight is 463 g/mol. The molecule has 7 nitrogen and oxygen atoms in total. The van der Waals surface area contributed by atoms with Crippen molar-refractivity contribution in [2.45, 2.75) is 33.6 Å². The van der Waals surface area contributed by atoms with E-state index in [4.69, 9.17) is 25.8 Å². The van der Waals surface area contributed by atoms with Crippen molar-refractivity contribution in [2.75, 3.05) is 11.5 Å². The quantitative estimate of drug-likeness (QED) is 0.304. The molecule has 4 aromatic heterocycles. The Hall–Kier alpha value is -2.49. The lowest BCUT2D eigenvalue weighted by molar-refractivity contribution is 0.0528. The first kappa shape index (κ1) is 20.8. The zero-order valence-electron chi connectivity index (χ0n) is 16.6. The van der Waals surface area contributed by atoms with Gasteiger partial charge >= 0.3 is 5.97 Å². The molecule has 0 atom stereocenters. The van der Waals surface area contributed by atoms with E-state index in [-0.39, 0.29) is 12.2 Å². The Morgan fingerprint density at radius 3 is 2.77 bits per heavy atom. The van der Waals surface area contributed by atoms with Crippen LogP contribution in [0.3, 0.4) is 0 Å². The SMILES string of the molecule is CCOC(=O)c1c(N(c2ncc3cc(CC)sc3n2)c2ccno2)sc(CC)c1Cl. The molecule has 0 amide bonds. The molecule has 30 heavy (non-hydrogen) atoms. The zero-order valence-corrected chi connectivity index (χ0v) is 19.0. The van der Waals surface area contributed by atoms with Crippen LogP contribution in [-0.2, 0) is 17.6 Å². The summed E-state index contributed by atoms with van der Waals surface area (Å²) in [5.41, 5.74) is 0.279. The second kappa shape index (κ2) is 8.71. The van der Waals surface area contributed by atoms with Crippen LogP contribution in [0.2, 0.25) is 5.02 Å². The summed E-state index contributed by atoms with van der Waals surface area (Å²) in [6.45, 7) is 6.08. The molecule has 10 heteroatoms. The Labute approximate surface area is 186 Å². The average Bonchev–Trinajstić information content (AvgIpc) is 3.47. The van der Waals surface area contributed by atoms with Crippen LogP contribution in [0.1, 0.15) is 40.9 Å². The summed E-state index contributed by atoms with van der Waals surface area (Å²) in [7, 11) is 0. The summed E-state index contributed by atoms with van der Waals surface area (Å²) in [5, 5.41) is 5.72. The maximum Gasteiger partial charge on any atom is 0.342 e. The molecule has 0 aliphatic carbocycles. The maximum atomic E-state index is 12.8. The molecular weight excluding hydrogens is 444 g/mol. The molecule has 0 radical (unpaired) electrons. The lowest BCUT2D eigenvalue weighted by Crippen LogP contribution is -2.15. The molecule has 0 unspecified atom stereocenters. The third-order valence-corrected chi connectivity index (χ3v) is 7.44. The van der Waals surface area contributed by atoms with Gasteiger partial charge in [-0.3, -0.25) is 0 Å². The van der Waals surface area contributed by atoms with Gasteiger partial charge in [-0.15, -0.1) is 22.7 Å². The Bertz CT molecular complexity index is 1190. The lowest BCUT2D eigenvalue weighted by Gasteiger charge is -2.18. The van der Waals surface area contributed by atoms with Gasteiger partial charge in [-0.1, -0.05) is 30.6 Å². The number of aryl methyl sites for hydroxylation is 2. The molecule has 0 aliphatic heterocycles. The van der Waals surface area contributed by atoms with Gasteiger partial charge in [-0.05, 0) is 25.8 Å². The molecule has 0 bridgehead atoms. The van der Waals surface area contributed by atoms with Crippen LogP contribution in [-0.4, -0.2) is 27.7 Å². The van der Waals surface area contributed by atoms with Crippen LogP contribution in [0, 0.1) is 0 Å². The zero-order chi connectivity index (χ0) is 21.3. The Kier molecular flexibility index (Phi) is 6.03. The first-order chi connectivity index (χ1) is 14.6. The maximum absolute atomic E-state index is 12.8. The Morgan fingerprint density at radius 2 is 2.10 bits per heavy atom. The summed E-state index contributed by atoms with van der Waals surface area (Å²) >= 11 is 9.57. The molecule has 0 spiro atoms. The van der Waals surface area contributed by atoms with E-state index in [2.05, 4.69) is 23.1 Å². The largest absolute Gasteiger partial charge is 0.462 e. The summed E-state index contributed by atoms with van der Waals surface area (Å²) in [5.74, 6) is 0.256. The molecule has 0 saturated heterocycles. The molecule has 0 fully saturated rings. The number of rotatable bonds is 7. The van der Waals surface area contributed by atoms with E-state index in [0.717, 1.165) is 21.5 Å². The van der Waals surface area contributed by atoms with Crippen molar-refractivity contribution in [3.8, 4) is 0 Å². The van der Waals surface area contributed by atoms with Gasteiger partial charge < -0.3 is 9.26 Å². The minimum Gasteiger partial charge on any atom is -0.462 e. The van der Waals surface area contributed by atoms with Crippen molar-refractivity contribution in [3.63, 3.8) is 0 Å². The number of hydrogen-bond donors (Lipinski definition) is 0. The number of thiophene rings is 2. The first-order valence-corrected chi connectivity index (χ1v) is 11.5. The lowest BCUT2D eigenvalue weighted by atomic mass is 10.2. The summed E-state index contributed by atoms with van der Waals surface area (Å²) < 4.78 is 10.7. The number of ether oxygens (including phenoxy) is 1. The minimum atomic E-state index is -0.497. The summed E-state index contributed by atoms with van der Waals surface area (Å²) in [4.78, 5) is 26.7. The fraction of sp³-hybridized carbons (Fsp3) is 0.300. The van der Waals surface area contributed by atoms with E-state index >= 15 is 0 Å². The van der Waals surface area contributed by atoms with Gasteiger partial charge in [0.1, 0.15) is 15.4 Å². The van der Waals surface area contributed by atoms with Crippen molar-refractivity contribution < 1.29 is 14.1 Å². The number of carbonyl (C=O) groups is 1. The highest BCUT2D eigenvalue weighted by Crippen LogP contribution is 2.45. The van der Waals surface area contributed by atoms with Crippen molar-refractivity contribution in [3.05, 3.63) is 44.9 Å². The van der Waals surface area contributed by atoms with Crippen LogP contribution < -0.4 is 4.90 Å². The van der Waals surface area contributed by atoms with Gasteiger partial charge in [0.05, 0.1) is 17.8 Å². The van der Waals surface area contributed by atoms with Crippen LogP contribution in [0.25, 0.3) is 10.2 Å². The van der Waals surface area contributed by atoms with Gasteiger partial charge in [0.25, 0.3) is 0 Å². The van der Waals surface area contributed by atoms with E-state index in [0.29, 0.717) is 28.3 Å². The highest BCUT2D eigenvalue weighted by atomic mass is 35.5. The molecule has 0 N–H and O–H groups in total. The van der Waals surface area contributed by atoms with Gasteiger partial charge in [0.2, 0.25) is 11.8 Å². The van der Waals surface area contributed by atoms with E-state index < -0.39 is 5.97 Å². The van der Waals surface area contributed by atoms with Gasteiger partial charge in [-0.2, -0.15) is 0 Å². The predicted molar refractivity (Wildman–Crippen MR) is 120 cm³/mol. The standard InChI is InChI=1S/C20H19ClN4O3S2/c1-4-12-9-11-10-22-20(24-17(11)29-12)25(14-7-8-23-28-14)18-15(19(26)27-6-3)16(21)13(5-2)30-18/h7-10H,4-6H2,1-3H3. The fourth-order valence-corrected chi connectivity index (χ4v) is 5.51. The third-order valence-electron chi connectivity index (χ3n) is 4.41. The normalized spacial score (nSPS) is 11.2. The number of halogens is 1. The van der Waals surface area contributed by atoms with E-state index in [9.17, 15) is 4.79 Å². The molecule has 4 rings (SSSR count). The molecule has 0 aliphatic rings. The van der Waals surface area contributed by atoms with Crippen molar-refractivity contribution in [1.82, 2.24) is 15.1 Å². The van der Waals surface area contributed by atoms with Gasteiger partial charge in [0, 0.05) is 27.4 Å². The number of aromatic nitrogens is 3. The number of anilines is 3. The monoisotopic (exact) mass is 462 g/mol. The fourth-order valence-electron chi connectivity index (χ4n) is 2.98. The number of hydrogen-bond acceptors (Lipinski definition) is 9. The topological polar surface area (TPSA) is 81.4 Å². The van der Waals surface area contributed by atoms with E-state index in [1.165, 1.54) is 22.4 Å². The summed E-state index contributed by atoms with van der Waals surface area (Å²) in [6.07, 6.45) is 4.90. The van der Waals surface area contributed by atoms with Crippen molar-refractivity contribution in [1.29, 1.82) is 0 Å². The first-order valence-electron chi connectivity index (χ1n) is 9.51. The van der Waals surface area contributed by atoms with Crippen LogP contribution >= 0.6 is 34.3 Å². The Balaban J connectivity index is 1.92. The highest BCUT2D eigenvalue weighted by Gasteiger charge is 2.31. The smallest absolute Gasteiger partial charge is 0.342 e. The molecule has 0 aromatic carbocycles. The summed E-state index contributed by atoms with van der Waals surface area (Å²) in [6, 6.07) is 3.78. The highest BCUT2D eigenvalue weighted by molar-refractivity contribution is 7.18. The number of nitrogens with zero attached hydrogens (tertiary/aromatic N) is 4. The van der Waals surface area contributed by atoms with Gasteiger partial charge in [-0.25, -0.2) is 19.7 Å². The predicted octanol–water partition coefficient (Wildman–Crippen LogP) is 6.17. The number of esters is 1. The molecule has 0 saturated carbocycles. The number of carbonyl (C=O) groups excluding carboxylic acids is 1. The van der Waals surface area contributed by atoms with Crippen LogP contribution in [0.5, 0.6) is 0 Å². The molecule has 4 heterocycles. The van der Waals surface area contributed by atoms with Gasteiger partial charge in [0.15, 0.2) is 0 Å². The van der Waals surface area contributed by atoms with Crippen LogP contribution in [0.4, 0.5) is 16.8 Å². The number of fused-ring (bicyclic) bond motifs is 1. The third kappa shape index (κ3) is 3.68. The second-order valence-corrected chi connectivity index (χ2v) is 8.85. The molecular formula is C20H19ClN4O3S2. The molecule has 156 valence electrons. The van der Waals surface area contributed by atoms with Crippen molar-refractivity contribution in [2.24, 2.45) is 0 Å². The minimum absolute atomic E-state index is 0.242. The van der Waals surface area contributed by atoms with E-state index in [1.54, 1.807) is 35.4 Å². The second-order valence-electron chi connectivity index (χ2n) is 6.28. The molecule has 4 aromatic rings. The van der Waals surface area contributed by atoms with Crippen LogP contribution in [0.15, 0.2) is 29.0 Å². The Morgan fingerprint density at radius 1 is 1.27 bits per heavy atom. The van der Waals surface area contributed by atoms with E-state index in [1.807, 2.05) is 6.92 Å².